The second-order valence-corrected chi connectivity index (χ2v) is 10.5. The van der Waals surface area contributed by atoms with Gasteiger partial charge in [-0.15, -0.1) is 11.3 Å². The summed E-state index contributed by atoms with van der Waals surface area (Å²) in [4.78, 5) is 43.6. The van der Waals surface area contributed by atoms with Gasteiger partial charge in [0.15, 0.2) is 0 Å². The largest absolute Gasteiger partial charge is 0.488 e. The number of ether oxygens (including phenoxy) is 1. The Morgan fingerprint density at radius 2 is 1.84 bits per heavy atom. The first-order chi connectivity index (χ1) is 18.5. The molecule has 0 radical (unpaired) electrons. The van der Waals surface area contributed by atoms with Crippen LogP contribution in [-0.4, -0.2) is 56.6 Å². The molecule has 2 aliphatic heterocycles. The molecule has 9 nitrogen and oxygen atoms in total. The lowest BCUT2D eigenvalue weighted by molar-refractivity contribution is -0.134. The molecule has 2 aromatic heterocycles. The van der Waals surface area contributed by atoms with Gasteiger partial charge in [0.25, 0.3) is 5.91 Å². The van der Waals surface area contributed by atoms with E-state index in [1.807, 2.05) is 65.9 Å². The average molecular weight is 530 g/mol. The van der Waals surface area contributed by atoms with Gasteiger partial charge in [0.2, 0.25) is 11.8 Å². The molecule has 0 aliphatic carbocycles. The number of para-hydroxylation sites is 1. The Hall–Kier alpha value is -4.05. The number of piperidine rings is 2. The molecule has 3 amide bonds. The van der Waals surface area contributed by atoms with Crippen molar-refractivity contribution < 1.29 is 19.1 Å². The summed E-state index contributed by atoms with van der Waals surface area (Å²) in [5, 5.41) is 10.6. The summed E-state index contributed by atoms with van der Waals surface area (Å²) in [6, 6.07) is 15.6. The van der Waals surface area contributed by atoms with Crippen molar-refractivity contribution in [3.05, 3.63) is 65.3 Å². The number of carbonyl (C=O) groups excluding carboxylic acids is 3. The molecule has 0 spiro atoms. The maximum absolute atomic E-state index is 13.1. The summed E-state index contributed by atoms with van der Waals surface area (Å²) in [6.45, 7) is 1.18. The van der Waals surface area contributed by atoms with E-state index in [4.69, 9.17) is 4.74 Å². The molecule has 4 heterocycles. The van der Waals surface area contributed by atoms with Crippen molar-refractivity contribution in [3.8, 4) is 16.3 Å². The predicted molar refractivity (Wildman–Crippen MR) is 143 cm³/mol. The van der Waals surface area contributed by atoms with Crippen molar-refractivity contribution in [3.63, 3.8) is 0 Å². The van der Waals surface area contributed by atoms with Crippen molar-refractivity contribution in [2.24, 2.45) is 7.05 Å². The zero-order chi connectivity index (χ0) is 26.2. The number of aryl methyl sites for hydroxylation is 1. The number of aromatic nitrogens is 3. The summed E-state index contributed by atoms with van der Waals surface area (Å²) in [6.07, 6.45) is 2.11. The molecule has 1 atom stereocenters. The SMILES string of the molecule is Cn1nc(C2CCC(=O)NC2=O)c2cccc(OC3CCN(C(=O)c4csc(-c5ccccc5)n4)CC3)c21. The molecule has 6 rings (SSSR count). The highest BCUT2D eigenvalue weighted by molar-refractivity contribution is 7.13. The number of nitrogens with one attached hydrogen (secondary N) is 1. The molecule has 2 aromatic carbocycles. The van der Waals surface area contributed by atoms with Gasteiger partial charge >= 0.3 is 0 Å². The van der Waals surface area contributed by atoms with Crippen LogP contribution in [0.15, 0.2) is 53.9 Å². The van der Waals surface area contributed by atoms with Gasteiger partial charge in [-0.05, 0) is 12.5 Å². The van der Waals surface area contributed by atoms with Gasteiger partial charge in [-0.1, -0.05) is 42.5 Å². The Bertz CT molecular complexity index is 1520. The predicted octanol–water partition coefficient (Wildman–Crippen LogP) is 3.90. The average Bonchev–Trinajstić information content (AvgIpc) is 3.55. The van der Waals surface area contributed by atoms with Gasteiger partial charge in [-0.3, -0.25) is 24.4 Å². The number of nitrogens with zero attached hydrogens (tertiary/aromatic N) is 4. The smallest absolute Gasteiger partial charge is 0.273 e. The van der Waals surface area contributed by atoms with Crippen LogP contribution in [0.5, 0.6) is 5.75 Å². The van der Waals surface area contributed by atoms with Gasteiger partial charge < -0.3 is 9.64 Å². The third-order valence-corrected chi connectivity index (χ3v) is 8.08. The van der Waals surface area contributed by atoms with Crippen LogP contribution in [0, 0.1) is 0 Å². The van der Waals surface area contributed by atoms with Gasteiger partial charge in [0.05, 0.1) is 11.6 Å². The normalized spacial score (nSPS) is 18.6. The van der Waals surface area contributed by atoms with E-state index in [0.717, 1.165) is 21.5 Å². The highest BCUT2D eigenvalue weighted by Gasteiger charge is 2.33. The van der Waals surface area contributed by atoms with Crippen LogP contribution >= 0.6 is 11.3 Å². The fourth-order valence-corrected chi connectivity index (χ4v) is 6.04. The topological polar surface area (TPSA) is 106 Å². The van der Waals surface area contributed by atoms with Crippen molar-refractivity contribution in [1.82, 2.24) is 25.0 Å². The molecule has 0 bridgehead atoms. The van der Waals surface area contributed by atoms with Crippen LogP contribution in [0.1, 0.15) is 47.8 Å². The summed E-state index contributed by atoms with van der Waals surface area (Å²) in [5.74, 6) is -0.362. The van der Waals surface area contributed by atoms with E-state index < -0.39 is 5.92 Å². The number of fused-ring (bicyclic) bond motifs is 1. The zero-order valence-electron chi connectivity index (χ0n) is 20.9. The molecule has 0 saturated carbocycles. The van der Waals surface area contributed by atoms with Crippen LogP contribution in [0.4, 0.5) is 0 Å². The molecular formula is C28H27N5O4S. The summed E-state index contributed by atoms with van der Waals surface area (Å²) in [5.41, 5.74) is 2.97. The molecule has 194 valence electrons. The molecule has 2 aliphatic rings. The van der Waals surface area contributed by atoms with Crippen molar-refractivity contribution >= 4 is 40.0 Å². The van der Waals surface area contributed by atoms with Crippen LogP contribution in [-0.2, 0) is 16.6 Å². The maximum atomic E-state index is 13.1. The number of carbonyl (C=O) groups is 3. The van der Waals surface area contributed by atoms with Crippen LogP contribution in [0.3, 0.4) is 0 Å². The number of amides is 3. The van der Waals surface area contributed by atoms with Crippen molar-refractivity contribution in [1.29, 1.82) is 0 Å². The molecule has 2 saturated heterocycles. The minimum absolute atomic E-state index is 0.0473. The third kappa shape index (κ3) is 4.56. The standard InChI is InChI=1S/C28H27N5O4S/c1-32-25-19(24(31-32)20-10-11-23(34)30-26(20)35)8-5-9-22(25)37-18-12-14-33(15-13-18)28(36)21-16-38-27(29-21)17-6-3-2-4-7-17/h2-9,16,18,20H,10-15H2,1H3,(H,30,34,35). The Morgan fingerprint density at radius 1 is 1.05 bits per heavy atom. The van der Waals surface area contributed by atoms with Crippen molar-refractivity contribution in [2.45, 2.75) is 37.7 Å². The first kappa shape index (κ1) is 24.3. The highest BCUT2D eigenvalue weighted by atomic mass is 32.1. The Kier molecular flexibility index (Phi) is 6.40. The molecule has 10 heteroatoms. The lowest BCUT2D eigenvalue weighted by Gasteiger charge is -2.32. The fourth-order valence-electron chi connectivity index (χ4n) is 5.24. The van der Waals surface area contributed by atoms with Crippen LogP contribution < -0.4 is 10.1 Å². The van der Waals surface area contributed by atoms with E-state index in [1.54, 1.807) is 4.68 Å². The number of benzene rings is 2. The molecule has 2 fully saturated rings. The van der Waals surface area contributed by atoms with E-state index in [1.165, 1.54) is 11.3 Å². The second kappa shape index (κ2) is 10.0. The number of rotatable bonds is 5. The van der Waals surface area contributed by atoms with Gasteiger partial charge in [0.1, 0.15) is 28.1 Å². The fraction of sp³-hybridized carbons (Fsp3) is 0.321. The summed E-state index contributed by atoms with van der Waals surface area (Å²) < 4.78 is 8.17. The van der Waals surface area contributed by atoms with Gasteiger partial charge in [0, 0.05) is 55.7 Å². The van der Waals surface area contributed by atoms with Crippen molar-refractivity contribution in [2.75, 3.05) is 13.1 Å². The lowest BCUT2D eigenvalue weighted by atomic mass is 9.93. The Labute approximate surface area is 223 Å². The molecule has 1 N–H and O–H groups in total. The quantitative estimate of drug-likeness (QED) is 0.393. The second-order valence-electron chi connectivity index (χ2n) is 9.68. The van der Waals surface area contributed by atoms with Gasteiger partial charge in [-0.25, -0.2) is 4.98 Å². The van der Waals surface area contributed by atoms with Gasteiger partial charge in [-0.2, -0.15) is 5.10 Å². The van der Waals surface area contributed by atoms with E-state index in [0.29, 0.717) is 55.9 Å². The minimum Gasteiger partial charge on any atom is -0.488 e. The summed E-state index contributed by atoms with van der Waals surface area (Å²) in [7, 11) is 1.84. The molecule has 38 heavy (non-hydrogen) atoms. The molecule has 1 unspecified atom stereocenters. The first-order valence-corrected chi connectivity index (χ1v) is 13.6. The Morgan fingerprint density at radius 3 is 2.61 bits per heavy atom. The maximum Gasteiger partial charge on any atom is 0.273 e. The number of imide groups is 1. The van der Waals surface area contributed by atoms with E-state index in [2.05, 4.69) is 15.4 Å². The van der Waals surface area contributed by atoms with Crippen LogP contribution in [0.2, 0.25) is 0 Å². The molecule has 4 aromatic rings. The minimum atomic E-state index is -0.464. The highest BCUT2D eigenvalue weighted by Crippen LogP contribution is 2.35. The van der Waals surface area contributed by atoms with E-state index in [9.17, 15) is 14.4 Å². The number of hydrogen-bond acceptors (Lipinski definition) is 7. The zero-order valence-corrected chi connectivity index (χ0v) is 21.7. The number of hydrogen-bond donors (Lipinski definition) is 1. The van der Waals surface area contributed by atoms with E-state index >= 15 is 0 Å². The molecular weight excluding hydrogens is 502 g/mol. The monoisotopic (exact) mass is 529 g/mol. The number of likely N-dealkylation sites (tertiary alicyclic amines) is 1. The van der Waals surface area contributed by atoms with Crippen LogP contribution in [0.25, 0.3) is 21.5 Å². The first-order valence-electron chi connectivity index (χ1n) is 12.7. The lowest BCUT2D eigenvalue weighted by Crippen LogP contribution is -2.42. The number of thiazole rings is 1. The Balaban J connectivity index is 1.13. The van der Waals surface area contributed by atoms with E-state index in [-0.39, 0.29) is 23.8 Å². The summed E-state index contributed by atoms with van der Waals surface area (Å²) >= 11 is 1.48. The third-order valence-electron chi connectivity index (χ3n) is 7.19.